The van der Waals surface area contributed by atoms with E-state index in [0.29, 0.717) is 0 Å². The van der Waals surface area contributed by atoms with E-state index in [1.165, 1.54) is 0 Å². The van der Waals surface area contributed by atoms with Gasteiger partial charge in [-0.3, -0.25) is 0 Å². The first-order chi connectivity index (χ1) is 11.0. The Balaban J connectivity index is 2.36. The van der Waals surface area contributed by atoms with E-state index in [0.717, 1.165) is 31.5 Å². The van der Waals surface area contributed by atoms with Gasteiger partial charge in [0.15, 0.2) is 0 Å². The molecule has 0 aliphatic carbocycles. The Hall–Kier alpha value is -1.68. The Bertz CT molecular complexity index is 590. The molecule has 0 spiro atoms. The molecule has 0 heterocycles. The van der Waals surface area contributed by atoms with Crippen molar-refractivity contribution in [1.82, 2.24) is 0 Å². The van der Waals surface area contributed by atoms with Gasteiger partial charge in [0.1, 0.15) is 0 Å². The summed E-state index contributed by atoms with van der Waals surface area (Å²) in [6.07, 6.45) is 0. The van der Waals surface area contributed by atoms with Gasteiger partial charge in [0.05, 0.1) is 0 Å². The topological polar surface area (TPSA) is 18.5 Å². The number of hydrogen-bond acceptors (Lipinski definition) is 2. The van der Waals surface area contributed by atoms with E-state index >= 15 is 0 Å². The molecule has 2 rings (SSSR count). The molecule has 0 aliphatic heterocycles. The van der Waals surface area contributed by atoms with Crippen molar-refractivity contribution in [3.63, 3.8) is 0 Å². The third-order valence-electron chi connectivity index (χ3n) is 3.24. The predicted octanol–water partition coefficient (Wildman–Crippen LogP) is 5.74. The SMILES string of the molecule is C=C(C)[CH2][Sn]([CH2]C(=C)C)([O]c1ccccc1)[O]c1ccccc1. The van der Waals surface area contributed by atoms with Crippen LogP contribution in [0.5, 0.6) is 11.5 Å². The number of benzene rings is 2. The minimum absolute atomic E-state index is 0.797. The normalized spacial score (nSPS) is 10.9. The molecule has 120 valence electrons. The van der Waals surface area contributed by atoms with Crippen LogP contribution in [0.4, 0.5) is 0 Å². The Morgan fingerprint density at radius 3 is 1.39 bits per heavy atom. The van der Waals surface area contributed by atoms with Crippen LogP contribution < -0.4 is 6.15 Å². The molecule has 0 aliphatic rings. The van der Waals surface area contributed by atoms with Gasteiger partial charge in [-0.05, 0) is 0 Å². The molecule has 2 aromatic rings. The standard InChI is InChI=1S/2C6H6O.2C4H7.Sn/c2*7-6-4-2-1-3-5-6;2*1-4(2)3;/h2*1-5,7H;2*1-2H2,3H3;/q;;;;+2/p-2. The maximum atomic E-state index is 6.49. The summed E-state index contributed by atoms with van der Waals surface area (Å²) in [6, 6.07) is 19.8. The second-order valence-corrected chi connectivity index (χ2v) is 14.4. The maximum absolute atomic E-state index is 6.49. The third kappa shape index (κ3) is 5.79. The number of allylic oxidation sites excluding steroid dienone is 2. The van der Waals surface area contributed by atoms with Crippen LogP contribution in [0.15, 0.2) is 85.0 Å². The first-order valence-corrected chi connectivity index (χ1v) is 14.1. The Morgan fingerprint density at radius 2 is 1.09 bits per heavy atom. The first-order valence-electron chi connectivity index (χ1n) is 7.76. The van der Waals surface area contributed by atoms with Gasteiger partial charge >= 0.3 is 145 Å². The van der Waals surface area contributed by atoms with Gasteiger partial charge in [-0.25, -0.2) is 0 Å². The van der Waals surface area contributed by atoms with Crippen LogP contribution in [0.3, 0.4) is 0 Å². The summed E-state index contributed by atoms with van der Waals surface area (Å²) >= 11 is -3.50. The van der Waals surface area contributed by atoms with Crippen LogP contribution >= 0.6 is 0 Å². The van der Waals surface area contributed by atoms with Crippen molar-refractivity contribution >= 4 is 19.2 Å². The van der Waals surface area contributed by atoms with E-state index in [2.05, 4.69) is 13.2 Å². The summed E-state index contributed by atoms with van der Waals surface area (Å²) < 4.78 is 14.6. The number of para-hydroxylation sites is 2. The molecule has 0 atom stereocenters. The molecule has 2 nitrogen and oxygen atoms in total. The molecular formula is C20H24O2Sn. The summed E-state index contributed by atoms with van der Waals surface area (Å²) in [5.74, 6) is 1.73. The molecule has 0 unspecified atom stereocenters. The third-order valence-corrected chi connectivity index (χ3v) is 13.2. The van der Waals surface area contributed by atoms with Crippen molar-refractivity contribution in [2.45, 2.75) is 22.7 Å². The second-order valence-electron chi connectivity index (χ2n) is 6.01. The molecule has 0 N–H and O–H groups in total. The molecule has 0 aromatic heterocycles. The summed E-state index contributed by atoms with van der Waals surface area (Å²) in [5, 5.41) is 0. The van der Waals surface area contributed by atoms with Gasteiger partial charge in [-0.1, -0.05) is 0 Å². The van der Waals surface area contributed by atoms with E-state index in [1.807, 2.05) is 74.5 Å². The monoisotopic (exact) mass is 416 g/mol. The fourth-order valence-corrected chi connectivity index (χ4v) is 12.3. The summed E-state index contributed by atoms with van der Waals surface area (Å²) in [5.41, 5.74) is 2.18. The van der Waals surface area contributed by atoms with E-state index in [1.54, 1.807) is 0 Å². The zero-order chi connectivity index (χ0) is 16.7. The molecule has 2 aromatic carbocycles. The quantitative estimate of drug-likeness (QED) is 0.405. The van der Waals surface area contributed by atoms with Crippen LogP contribution in [-0.4, -0.2) is 19.2 Å². The predicted molar refractivity (Wildman–Crippen MR) is 99.1 cm³/mol. The molecule has 23 heavy (non-hydrogen) atoms. The van der Waals surface area contributed by atoms with Crippen molar-refractivity contribution in [1.29, 1.82) is 0 Å². The van der Waals surface area contributed by atoms with Crippen molar-refractivity contribution in [2.24, 2.45) is 0 Å². The van der Waals surface area contributed by atoms with Crippen molar-refractivity contribution < 1.29 is 6.15 Å². The van der Waals surface area contributed by atoms with Gasteiger partial charge < -0.3 is 0 Å². The zero-order valence-corrected chi connectivity index (χ0v) is 16.8. The average Bonchev–Trinajstić information content (AvgIpc) is 2.47. The number of rotatable bonds is 8. The molecule has 0 bridgehead atoms. The van der Waals surface area contributed by atoms with Gasteiger partial charge in [0.25, 0.3) is 0 Å². The minimum atomic E-state index is -3.50. The molecular weight excluding hydrogens is 391 g/mol. The molecule has 0 amide bonds. The summed E-state index contributed by atoms with van der Waals surface area (Å²) in [4.78, 5) is 0. The van der Waals surface area contributed by atoms with Crippen LogP contribution in [-0.2, 0) is 0 Å². The fourth-order valence-electron chi connectivity index (χ4n) is 2.55. The summed E-state index contributed by atoms with van der Waals surface area (Å²) in [7, 11) is 0. The number of hydrogen-bond donors (Lipinski definition) is 0. The van der Waals surface area contributed by atoms with Crippen LogP contribution in [0.25, 0.3) is 0 Å². The van der Waals surface area contributed by atoms with Gasteiger partial charge in [0, 0.05) is 0 Å². The molecule has 0 radical (unpaired) electrons. The Labute approximate surface area is 144 Å². The van der Waals surface area contributed by atoms with Crippen molar-refractivity contribution in [3.05, 3.63) is 85.0 Å². The molecule has 0 fully saturated rings. The van der Waals surface area contributed by atoms with E-state index < -0.39 is 19.2 Å². The summed E-state index contributed by atoms with van der Waals surface area (Å²) in [6.45, 7) is 12.3. The van der Waals surface area contributed by atoms with Crippen LogP contribution in [0.2, 0.25) is 8.87 Å². The Morgan fingerprint density at radius 1 is 0.739 bits per heavy atom. The van der Waals surface area contributed by atoms with Gasteiger partial charge in [0.2, 0.25) is 0 Å². The van der Waals surface area contributed by atoms with E-state index in [4.69, 9.17) is 6.15 Å². The van der Waals surface area contributed by atoms with Crippen LogP contribution in [0, 0.1) is 0 Å². The van der Waals surface area contributed by atoms with Gasteiger partial charge in [-0.15, -0.1) is 0 Å². The van der Waals surface area contributed by atoms with E-state index in [9.17, 15) is 0 Å². The van der Waals surface area contributed by atoms with Crippen LogP contribution in [0.1, 0.15) is 13.8 Å². The first kappa shape index (κ1) is 17.7. The molecule has 3 heteroatoms. The molecule has 0 saturated heterocycles. The zero-order valence-electron chi connectivity index (χ0n) is 13.9. The van der Waals surface area contributed by atoms with E-state index in [-0.39, 0.29) is 0 Å². The van der Waals surface area contributed by atoms with Crippen molar-refractivity contribution in [2.75, 3.05) is 0 Å². The molecule has 0 saturated carbocycles. The van der Waals surface area contributed by atoms with Crippen molar-refractivity contribution in [3.8, 4) is 11.5 Å². The second kappa shape index (κ2) is 8.25. The van der Waals surface area contributed by atoms with Gasteiger partial charge in [-0.2, -0.15) is 0 Å². The fraction of sp³-hybridized carbons (Fsp3) is 0.200. The Kier molecular flexibility index (Phi) is 6.34. The average molecular weight is 415 g/mol.